The third-order valence-corrected chi connectivity index (χ3v) is 4.87. The average molecular weight is 339 g/mol. The van der Waals surface area contributed by atoms with Crippen molar-refractivity contribution in [1.29, 1.82) is 0 Å². The van der Waals surface area contributed by atoms with Crippen LogP contribution < -0.4 is 10.6 Å². The van der Waals surface area contributed by atoms with Gasteiger partial charge in [0.05, 0.1) is 16.6 Å². The molecule has 5 nitrogen and oxygen atoms in total. The zero-order valence-corrected chi connectivity index (χ0v) is 13.8. The number of carbonyl (C=O) groups is 2. The van der Waals surface area contributed by atoms with Crippen molar-refractivity contribution in [1.82, 2.24) is 10.3 Å². The van der Waals surface area contributed by atoms with Crippen LogP contribution in [0.3, 0.4) is 0 Å². The van der Waals surface area contributed by atoms with E-state index in [1.807, 2.05) is 41.8 Å². The Hall–Kier alpha value is -2.60. The number of hydrogen-bond donors (Lipinski definition) is 3. The normalized spacial score (nSPS) is 13.8. The van der Waals surface area contributed by atoms with Crippen LogP contribution in [0.15, 0.2) is 41.8 Å². The van der Waals surface area contributed by atoms with Crippen LogP contribution in [0.4, 0.5) is 5.69 Å². The van der Waals surface area contributed by atoms with Crippen molar-refractivity contribution in [3.8, 4) is 0 Å². The van der Waals surface area contributed by atoms with Gasteiger partial charge in [0, 0.05) is 11.7 Å². The number of fused-ring (bicyclic) bond motifs is 1. The molecule has 1 aliphatic carbocycles. The number of H-pyrrole nitrogens is 1. The van der Waals surface area contributed by atoms with Crippen LogP contribution >= 0.6 is 11.3 Å². The number of carbonyl (C=O) groups excluding carboxylic acids is 2. The number of benzene rings is 1. The Bertz CT molecular complexity index is 862. The second kappa shape index (κ2) is 6.13. The van der Waals surface area contributed by atoms with Crippen molar-refractivity contribution in [3.05, 3.63) is 53.0 Å². The Balaban J connectivity index is 1.38. The Morgan fingerprint density at radius 1 is 1.17 bits per heavy atom. The smallest absolute Gasteiger partial charge is 0.272 e. The van der Waals surface area contributed by atoms with Gasteiger partial charge in [0.25, 0.3) is 5.91 Å². The van der Waals surface area contributed by atoms with Crippen LogP contribution in [0.1, 0.15) is 28.9 Å². The lowest BCUT2D eigenvalue weighted by Crippen LogP contribution is -2.26. The molecule has 2 aromatic heterocycles. The highest BCUT2D eigenvalue weighted by molar-refractivity contribution is 7.17. The highest BCUT2D eigenvalue weighted by atomic mass is 32.1. The first kappa shape index (κ1) is 15.0. The predicted octanol–water partition coefficient (Wildman–Crippen LogP) is 3.30. The van der Waals surface area contributed by atoms with Gasteiger partial charge in [0.1, 0.15) is 5.69 Å². The van der Waals surface area contributed by atoms with Gasteiger partial charge in [-0.25, -0.2) is 0 Å². The summed E-state index contributed by atoms with van der Waals surface area (Å²) < 4.78 is 1.07. The minimum atomic E-state index is -0.169. The molecule has 3 aromatic rings. The summed E-state index contributed by atoms with van der Waals surface area (Å²) in [5, 5.41) is 7.82. The van der Waals surface area contributed by atoms with Crippen LogP contribution in [0.25, 0.3) is 10.2 Å². The molecule has 24 heavy (non-hydrogen) atoms. The topological polar surface area (TPSA) is 74.0 Å². The first-order valence-electron chi connectivity index (χ1n) is 7.93. The van der Waals surface area contributed by atoms with E-state index in [1.54, 1.807) is 11.3 Å². The highest BCUT2D eigenvalue weighted by Crippen LogP contribution is 2.22. The molecule has 0 atom stereocenters. The minimum Gasteiger partial charge on any atom is -0.353 e. The molecule has 0 aliphatic heterocycles. The lowest BCUT2D eigenvalue weighted by molar-refractivity contribution is -0.120. The molecule has 0 bridgehead atoms. The van der Waals surface area contributed by atoms with Crippen molar-refractivity contribution in [2.75, 3.05) is 5.32 Å². The van der Waals surface area contributed by atoms with E-state index in [4.69, 9.17) is 0 Å². The number of anilines is 1. The number of thiophene rings is 1. The SMILES string of the molecule is O=C(Cc1ccc(NC(=O)c2cc3sccc3[nH]2)cc1)NC1CC1. The average Bonchev–Trinajstić information content (AvgIpc) is 3.09. The maximum absolute atomic E-state index is 12.3. The van der Waals surface area contributed by atoms with Crippen LogP contribution in [0.5, 0.6) is 0 Å². The molecule has 4 rings (SSSR count). The first-order valence-corrected chi connectivity index (χ1v) is 8.81. The van der Waals surface area contributed by atoms with Crippen molar-refractivity contribution < 1.29 is 9.59 Å². The lowest BCUT2D eigenvalue weighted by Gasteiger charge is -2.06. The number of amides is 2. The van der Waals surface area contributed by atoms with Crippen LogP contribution in [-0.2, 0) is 11.2 Å². The maximum Gasteiger partial charge on any atom is 0.272 e. The maximum atomic E-state index is 12.3. The third kappa shape index (κ3) is 3.33. The van der Waals surface area contributed by atoms with Crippen molar-refractivity contribution >= 4 is 39.1 Å². The summed E-state index contributed by atoms with van der Waals surface area (Å²) in [6.45, 7) is 0. The predicted molar refractivity (Wildman–Crippen MR) is 95.4 cm³/mol. The molecule has 0 spiro atoms. The van der Waals surface area contributed by atoms with E-state index in [-0.39, 0.29) is 11.8 Å². The monoisotopic (exact) mass is 339 g/mol. The molecule has 6 heteroatoms. The van der Waals surface area contributed by atoms with Gasteiger partial charge in [-0.2, -0.15) is 0 Å². The standard InChI is InChI=1S/C18H17N3O2S/c22-17(19-12-5-6-12)9-11-1-3-13(4-2-11)20-18(23)15-10-16-14(21-15)7-8-24-16/h1-4,7-8,10,12,21H,5-6,9H2,(H,19,22)(H,20,23). The van der Waals surface area contributed by atoms with E-state index < -0.39 is 0 Å². The van der Waals surface area contributed by atoms with Gasteiger partial charge in [-0.05, 0) is 48.1 Å². The van der Waals surface area contributed by atoms with E-state index in [0.717, 1.165) is 28.6 Å². The molecular formula is C18H17N3O2S. The summed E-state index contributed by atoms with van der Waals surface area (Å²) in [6.07, 6.45) is 2.55. The first-order chi connectivity index (χ1) is 11.7. The van der Waals surface area contributed by atoms with Crippen molar-refractivity contribution in [3.63, 3.8) is 0 Å². The second-order valence-corrected chi connectivity index (χ2v) is 7.00. The molecule has 0 unspecified atom stereocenters. The van der Waals surface area contributed by atoms with E-state index in [9.17, 15) is 9.59 Å². The van der Waals surface area contributed by atoms with Crippen LogP contribution in [0, 0.1) is 0 Å². The molecule has 2 heterocycles. The molecule has 1 saturated carbocycles. The van der Waals surface area contributed by atoms with E-state index in [1.165, 1.54) is 0 Å². The number of aromatic nitrogens is 1. The van der Waals surface area contributed by atoms with Gasteiger partial charge in [-0.3, -0.25) is 9.59 Å². The van der Waals surface area contributed by atoms with Gasteiger partial charge in [0.2, 0.25) is 5.91 Å². The van der Waals surface area contributed by atoms with Gasteiger partial charge in [-0.15, -0.1) is 11.3 Å². The summed E-state index contributed by atoms with van der Waals surface area (Å²) in [5.74, 6) is -0.113. The molecule has 122 valence electrons. The number of hydrogen-bond acceptors (Lipinski definition) is 3. The summed E-state index contributed by atoms with van der Waals surface area (Å²) in [7, 11) is 0. The summed E-state index contributed by atoms with van der Waals surface area (Å²) >= 11 is 1.60. The second-order valence-electron chi connectivity index (χ2n) is 6.05. The van der Waals surface area contributed by atoms with E-state index >= 15 is 0 Å². The van der Waals surface area contributed by atoms with Gasteiger partial charge in [0.15, 0.2) is 0 Å². The number of rotatable bonds is 5. The van der Waals surface area contributed by atoms with Gasteiger partial charge < -0.3 is 15.6 Å². The number of aromatic amines is 1. The molecule has 3 N–H and O–H groups in total. The quantitative estimate of drug-likeness (QED) is 0.667. The molecule has 1 aromatic carbocycles. The Labute approximate surface area is 143 Å². The highest BCUT2D eigenvalue weighted by Gasteiger charge is 2.23. The molecule has 1 aliphatic rings. The Kier molecular flexibility index (Phi) is 3.82. The molecular weight excluding hydrogens is 322 g/mol. The van der Waals surface area contributed by atoms with Gasteiger partial charge >= 0.3 is 0 Å². The van der Waals surface area contributed by atoms with Crippen LogP contribution in [0.2, 0.25) is 0 Å². The fourth-order valence-corrected chi connectivity index (χ4v) is 3.35. The Morgan fingerprint density at radius 2 is 1.96 bits per heavy atom. The van der Waals surface area contributed by atoms with Gasteiger partial charge in [-0.1, -0.05) is 12.1 Å². The minimum absolute atomic E-state index is 0.0562. The summed E-state index contributed by atoms with van der Waals surface area (Å²) in [5.41, 5.74) is 3.17. The Morgan fingerprint density at radius 3 is 2.67 bits per heavy atom. The molecule has 0 saturated heterocycles. The zero-order valence-electron chi connectivity index (χ0n) is 13.0. The summed E-state index contributed by atoms with van der Waals surface area (Å²) in [6, 6.07) is 11.6. The zero-order chi connectivity index (χ0) is 16.5. The largest absolute Gasteiger partial charge is 0.353 e. The lowest BCUT2D eigenvalue weighted by atomic mass is 10.1. The fraction of sp³-hybridized carbons (Fsp3) is 0.222. The fourth-order valence-electron chi connectivity index (χ4n) is 2.57. The molecule has 2 amide bonds. The summed E-state index contributed by atoms with van der Waals surface area (Å²) in [4.78, 5) is 27.2. The van der Waals surface area contributed by atoms with Crippen molar-refractivity contribution in [2.24, 2.45) is 0 Å². The van der Waals surface area contributed by atoms with Crippen LogP contribution in [-0.4, -0.2) is 22.8 Å². The van der Waals surface area contributed by atoms with Crippen molar-refractivity contribution in [2.45, 2.75) is 25.3 Å². The number of nitrogens with one attached hydrogen (secondary N) is 3. The van der Waals surface area contributed by atoms with E-state index in [0.29, 0.717) is 23.8 Å². The molecule has 0 radical (unpaired) electrons. The third-order valence-electron chi connectivity index (χ3n) is 4.00. The molecule has 1 fully saturated rings. The van der Waals surface area contributed by atoms with E-state index in [2.05, 4.69) is 15.6 Å².